The molecular weight excluding hydrogens is 336 g/mol. The standard InChI is InChI=1S/C20H19ClN2O2/c21-16-6-3-5-15(13-16)9-11-20(25)10-4-7-17(14-20)23-19(24)18-8-1-2-12-22-18/h1-3,5-6,8,12-13,17,25H,4,7,10,14H2,(H,23,24)/t17-,20+/m1/s1. The second-order valence-electron chi connectivity index (χ2n) is 6.27. The van der Waals surface area contributed by atoms with Crippen LogP contribution in [-0.4, -0.2) is 27.6 Å². The highest BCUT2D eigenvalue weighted by Gasteiger charge is 2.33. The molecular formula is C20H19ClN2O2. The van der Waals surface area contributed by atoms with Crippen LogP contribution in [0.25, 0.3) is 0 Å². The highest BCUT2D eigenvalue weighted by Crippen LogP contribution is 2.28. The third-order valence-corrected chi connectivity index (χ3v) is 4.46. The summed E-state index contributed by atoms with van der Waals surface area (Å²) in [7, 11) is 0. The van der Waals surface area contributed by atoms with Crippen LogP contribution in [-0.2, 0) is 0 Å². The minimum absolute atomic E-state index is 0.123. The quantitative estimate of drug-likeness (QED) is 0.814. The highest BCUT2D eigenvalue weighted by atomic mass is 35.5. The summed E-state index contributed by atoms with van der Waals surface area (Å²) in [5, 5.41) is 14.3. The van der Waals surface area contributed by atoms with Crippen LogP contribution in [0.1, 0.15) is 41.7 Å². The maximum atomic E-state index is 12.2. The number of rotatable bonds is 2. The number of hydrogen-bond acceptors (Lipinski definition) is 3. The van der Waals surface area contributed by atoms with Gasteiger partial charge in [0.15, 0.2) is 0 Å². The number of carbonyl (C=O) groups excluding carboxylic acids is 1. The Balaban J connectivity index is 1.67. The van der Waals surface area contributed by atoms with Gasteiger partial charge in [0.05, 0.1) is 0 Å². The molecule has 1 amide bonds. The van der Waals surface area contributed by atoms with Crippen LogP contribution < -0.4 is 5.32 Å². The van der Waals surface area contributed by atoms with Gasteiger partial charge < -0.3 is 10.4 Å². The van der Waals surface area contributed by atoms with Gasteiger partial charge in [0.1, 0.15) is 11.3 Å². The number of halogens is 1. The van der Waals surface area contributed by atoms with Crippen LogP contribution in [0.5, 0.6) is 0 Å². The Kier molecular flexibility index (Phi) is 5.37. The van der Waals surface area contributed by atoms with Crippen molar-refractivity contribution in [3.05, 3.63) is 64.9 Å². The van der Waals surface area contributed by atoms with Crippen molar-refractivity contribution in [2.75, 3.05) is 0 Å². The van der Waals surface area contributed by atoms with Crippen molar-refractivity contribution in [3.8, 4) is 11.8 Å². The lowest BCUT2D eigenvalue weighted by molar-refractivity contribution is 0.0451. The van der Waals surface area contributed by atoms with Gasteiger partial charge in [-0.1, -0.05) is 35.6 Å². The largest absolute Gasteiger partial charge is 0.378 e. The van der Waals surface area contributed by atoms with Gasteiger partial charge in [0, 0.05) is 29.2 Å². The van der Waals surface area contributed by atoms with Crippen molar-refractivity contribution in [1.29, 1.82) is 0 Å². The monoisotopic (exact) mass is 354 g/mol. The third kappa shape index (κ3) is 4.82. The summed E-state index contributed by atoms with van der Waals surface area (Å²) in [4.78, 5) is 16.3. The minimum Gasteiger partial charge on any atom is -0.378 e. The van der Waals surface area contributed by atoms with E-state index < -0.39 is 5.60 Å². The number of aliphatic hydroxyl groups is 1. The molecule has 1 aromatic heterocycles. The molecule has 1 heterocycles. The Morgan fingerprint density at radius 2 is 2.20 bits per heavy atom. The number of hydrogen-bond donors (Lipinski definition) is 2. The van der Waals surface area contributed by atoms with E-state index in [1.807, 2.05) is 12.1 Å². The van der Waals surface area contributed by atoms with Gasteiger partial charge in [-0.3, -0.25) is 9.78 Å². The summed E-state index contributed by atoms with van der Waals surface area (Å²) in [5.74, 6) is 5.73. The average Bonchev–Trinajstić information content (AvgIpc) is 2.61. The molecule has 2 N–H and O–H groups in total. The Morgan fingerprint density at radius 3 is 2.96 bits per heavy atom. The Labute approximate surface area is 152 Å². The van der Waals surface area contributed by atoms with Gasteiger partial charge >= 0.3 is 0 Å². The molecule has 0 radical (unpaired) electrons. The van der Waals surface area contributed by atoms with E-state index in [2.05, 4.69) is 22.1 Å². The average molecular weight is 355 g/mol. The molecule has 2 atom stereocenters. The van der Waals surface area contributed by atoms with E-state index in [1.54, 1.807) is 36.5 Å². The summed E-state index contributed by atoms with van der Waals surface area (Å²) < 4.78 is 0. The lowest BCUT2D eigenvalue weighted by Crippen LogP contribution is -2.45. The van der Waals surface area contributed by atoms with Crippen LogP contribution >= 0.6 is 11.6 Å². The molecule has 3 rings (SSSR count). The van der Waals surface area contributed by atoms with Crippen molar-refractivity contribution < 1.29 is 9.90 Å². The van der Waals surface area contributed by atoms with Gasteiger partial charge in [0.25, 0.3) is 5.91 Å². The van der Waals surface area contributed by atoms with Crippen molar-refractivity contribution in [1.82, 2.24) is 10.3 Å². The Morgan fingerprint density at radius 1 is 1.32 bits per heavy atom. The lowest BCUT2D eigenvalue weighted by Gasteiger charge is -2.33. The number of nitrogens with zero attached hydrogens (tertiary/aromatic N) is 1. The van der Waals surface area contributed by atoms with Gasteiger partial charge in [-0.2, -0.15) is 0 Å². The van der Waals surface area contributed by atoms with E-state index in [1.165, 1.54) is 0 Å². The number of amides is 1. The van der Waals surface area contributed by atoms with Crippen molar-refractivity contribution >= 4 is 17.5 Å². The van der Waals surface area contributed by atoms with Crippen molar-refractivity contribution in [2.24, 2.45) is 0 Å². The maximum absolute atomic E-state index is 12.2. The number of pyridine rings is 1. The van der Waals surface area contributed by atoms with Crippen LogP contribution in [0.3, 0.4) is 0 Å². The molecule has 5 heteroatoms. The molecule has 1 aliphatic rings. The SMILES string of the molecule is O=C(N[C@@H]1CCC[C@](O)(C#Cc2cccc(Cl)c2)C1)c1ccccn1. The summed E-state index contributed by atoms with van der Waals surface area (Å²) >= 11 is 5.96. The summed E-state index contributed by atoms with van der Waals surface area (Å²) in [5.41, 5.74) is 0.0324. The summed E-state index contributed by atoms with van der Waals surface area (Å²) in [6, 6.07) is 12.3. The number of nitrogens with one attached hydrogen (secondary N) is 1. The minimum atomic E-state index is -1.11. The molecule has 1 fully saturated rings. The van der Waals surface area contributed by atoms with Gasteiger partial charge in [-0.25, -0.2) is 0 Å². The van der Waals surface area contributed by atoms with E-state index in [-0.39, 0.29) is 11.9 Å². The molecule has 2 aromatic rings. The molecule has 1 saturated carbocycles. The van der Waals surface area contributed by atoms with Gasteiger partial charge in [-0.15, -0.1) is 0 Å². The molecule has 0 bridgehead atoms. The first kappa shape index (κ1) is 17.5. The number of carbonyl (C=O) groups is 1. The number of aromatic nitrogens is 1. The number of benzene rings is 1. The first-order chi connectivity index (χ1) is 12.0. The Bertz CT molecular complexity index is 813. The summed E-state index contributed by atoms with van der Waals surface area (Å²) in [6.07, 6.45) is 4.20. The van der Waals surface area contributed by atoms with Crippen LogP contribution in [0.4, 0.5) is 0 Å². The molecule has 25 heavy (non-hydrogen) atoms. The molecule has 0 saturated heterocycles. The predicted octanol–water partition coefficient (Wildman–Crippen LogP) is 3.19. The fourth-order valence-electron chi connectivity index (χ4n) is 3.00. The summed E-state index contributed by atoms with van der Waals surface area (Å²) in [6.45, 7) is 0. The zero-order valence-corrected chi connectivity index (χ0v) is 14.5. The predicted molar refractivity (Wildman–Crippen MR) is 97.2 cm³/mol. The van der Waals surface area contributed by atoms with E-state index in [9.17, 15) is 9.90 Å². The normalized spacial score (nSPS) is 22.6. The Hall–Kier alpha value is -2.35. The van der Waals surface area contributed by atoms with E-state index in [0.717, 1.165) is 18.4 Å². The van der Waals surface area contributed by atoms with E-state index >= 15 is 0 Å². The lowest BCUT2D eigenvalue weighted by atomic mass is 9.82. The second kappa shape index (κ2) is 7.69. The van der Waals surface area contributed by atoms with Crippen LogP contribution in [0.2, 0.25) is 5.02 Å². The zero-order chi connectivity index (χ0) is 17.7. The molecule has 1 aromatic carbocycles. The topological polar surface area (TPSA) is 62.2 Å². The van der Waals surface area contributed by atoms with Crippen LogP contribution in [0, 0.1) is 11.8 Å². The fraction of sp³-hybridized carbons (Fsp3) is 0.300. The zero-order valence-electron chi connectivity index (χ0n) is 13.7. The first-order valence-corrected chi connectivity index (χ1v) is 8.65. The molecule has 1 aliphatic carbocycles. The molecule has 128 valence electrons. The third-order valence-electron chi connectivity index (χ3n) is 4.22. The van der Waals surface area contributed by atoms with Crippen LogP contribution in [0.15, 0.2) is 48.7 Å². The van der Waals surface area contributed by atoms with Gasteiger partial charge in [-0.05, 0) is 49.6 Å². The molecule has 0 aliphatic heterocycles. The first-order valence-electron chi connectivity index (χ1n) is 8.27. The highest BCUT2D eigenvalue weighted by molar-refractivity contribution is 6.30. The molecule has 0 spiro atoms. The maximum Gasteiger partial charge on any atom is 0.270 e. The van der Waals surface area contributed by atoms with E-state index in [4.69, 9.17) is 11.6 Å². The van der Waals surface area contributed by atoms with E-state index in [0.29, 0.717) is 23.6 Å². The van der Waals surface area contributed by atoms with Crippen molar-refractivity contribution in [2.45, 2.75) is 37.3 Å². The molecule has 4 nitrogen and oxygen atoms in total. The second-order valence-corrected chi connectivity index (χ2v) is 6.71. The fourth-order valence-corrected chi connectivity index (χ4v) is 3.19. The smallest absolute Gasteiger partial charge is 0.270 e. The molecule has 0 unspecified atom stereocenters. The van der Waals surface area contributed by atoms with Crippen molar-refractivity contribution in [3.63, 3.8) is 0 Å². The van der Waals surface area contributed by atoms with Gasteiger partial charge in [0.2, 0.25) is 0 Å².